The van der Waals surface area contributed by atoms with Gasteiger partial charge in [-0.15, -0.1) is 0 Å². The van der Waals surface area contributed by atoms with Crippen molar-refractivity contribution < 1.29 is 9.90 Å². The summed E-state index contributed by atoms with van der Waals surface area (Å²) in [6, 6.07) is 5.66. The minimum atomic E-state index is -1.38. The number of hydrogen-bond donors (Lipinski definition) is 1. The molecule has 0 unspecified atom stereocenters. The van der Waals surface area contributed by atoms with E-state index in [4.69, 9.17) is 0 Å². The molecule has 1 aliphatic carbocycles. The number of nitriles is 1. The van der Waals surface area contributed by atoms with Crippen molar-refractivity contribution in [1.82, 2.24) is 24.4 Å². The van der Waals surface area contributed by atoms with Crippen molar-refractivity contribution in [2.75, 3.05) is 24.5 Å². The number of pyridine rings is 1. The van der Waals surface area contributed by atoms with Gasteiger partial charge in [-0.1, -0.05) is 0 Å². The van der Waals surface area contributed by atoms with Gasteiger partial charge in [0.25, 0.3) is 5.91 Å². The van der Waals surface area contributed by atoms with Gasteiger partial charge < -0.3 is 14.9 Å². The molecule has 3 aromatic rings. The van der Waals surface area contributed by atoms with Crippen LogP contribution in [0, 0.1) is 11.3 Å². The smallest absolute Gasteiger partial charge is 0.254 e. The molecule has 1 saturated carbocycles. The highest BCUT2D eigenvalue weighted by molar-refractivity contribution is 5.93. The van der Waals surface area contributed by atoms with Crippen molar-refractivity contribution in [3.05, 3.63) is 42.0 Å². The maximum Gasteiger partial charge on any atom is 0.254 e. The van der Waals surface area contributed by atoms with E-state index in [0.717, 1.165) is 29.7 Å². The Morgan fingerprint density at radius 3 is 2.70 bits per heavy atom. The lowest BCUT2D eigenvalue weighted by atomic mass is 10.1. The molecule has 0 spiro atoms. The Morgan fingerprint density at radius 1 is 1.24 bits per heavy atom. The molecule has 4 heterocycles. The van der Waals surface area contributed by atoms with Gasteiger partial charge in [-0.05, 0) is 57.2 Å². The second-order valence-electron chi connectivity index (χ2n) is 9.49. The van der Waals surface area contributed by atoms with Crippen LogP contribution >= 0.6 is 0 Å². The molecule has 0 bridgehead atoms. The largest absolute Gasteiger partial charge is 0.381 e. The van der Waals surface area contributed by atoms with E-state index in [-0.39, 0.29) is 11.9 Å². The molecule has 2 aliphatic rings. The fourth-order valence-electron chi connectivity index (χ4n) is 4.63. The molecular formula is C24H27N7O2. The van der Waals surface area contributed by atoms with Gasteiger partial charge >= 0.3 is 0 Å². The number of hydrogen-bond acceptors (Lipinski definition) is 7. The number of carbonyl (C=O) groups excluding carboxylic acids is 1. The summed E-state index contributed by atoms with van der Waals surface area (Å²) in [5.41, 5.74) is 1.13. The number of aromatic nitrogens is 4. The van der Waals surface area contributed by atoms with Crippen LogP contribution in [0.25, 0.3) is 16.9 Å². The number of aliphatic hydroxyl groups is 1. The van der Waals surface area contributed by atoms with E-state index >= 15 is 0 Å². The highest BCUT2D eigenvalue weighted by atomic mass is 16.3. The zero-order chi connectivity index (χ0) is 23.3. The normalized spacial score (nSPS) is 19.1. The number of amides is 1. The first-order valence-corrected chi connectivity index (χ1v) is 11.3. The predicted octanol–water partition coefficient (Wildman–Crippen LogP) is 2.37. The van der Waals surface area contributed by atoms with E-state index in [1.54, 1.807) is 29.6 Å². The van der Waals surface area contributed by atoms with Crippen LogP contribution in [-0.2, 0) is 4.79 Å². The molecule has 1 aliphatic heterocycles. The highest BCUT2D eigenvalue weighted by Gasteiger charge is 2.36. The minimum Gasteiger partial charge on any atom is -0.381 e. The van der Waals surface area contributed by atoms with Crippen LogP contribution < -0.4 is 4.90 Å². The van der Waals surface area contributed by atoms with Crippen LogP contribution in [0.15, 0.2) is 30.9 Å². The van der Waals surface area contributed by atoms with E-state index in [1.165, 1.54) is 19.4 Å². The van der Waals surface area contributed by atoms with Crippen molar-refractivity contribution in [1.29, 1.82) is 5.26 Å². The van der Waals surface area contributed by atoms with Gasteiger partial charge in [-0.3, -0.25) is 9.36 Å². The molecule has 1 atom stereocenters. The maximum atomic E-state index is 12.6. The third-order valence-corrected chi connectivity index (χ3v) is 6.44. The van der Waals surface area contributed by atoms with Crippen LogP contribution in [0.4, 0.5) is 5.82 Å². The molecule has 170 valence electrons. The number of anilines is 1. The van der Waals surface area contributed by atoms with Crippen molar-refractivity contribution >= 4 is 22.8 Å². The first-order valence-electron chi connectivity index (χ1n) is 11.3. The standard InChI is InChI=1S/C24H27N7O2/c1-15-12-29(23(32)24(2,3)33)8-9-30(15)21-20-18(17-4-5-17)13-31(22(20)28-14-27-21)19-10-16(11-25)6-7-26-19/h6-7,10,13-15,17,33H,4-5,8-9,12H2,1-3H3/t15-/m0/s1. The molecule has 33 heavy (non-hydrogen) atoms. The Hall–Kier alpha value is -3.51. The van der Waals surface area contributed by atoms with Crippen LogP contribution in [0.3, 0.4) is 0 Å². The summed E-state index contributed by atoms with van der Waals surface area (Å²) in [4.78, 5) is 30.3. The maximum absolute atomic E-state index is 12.6. The average Bonchev–Trinajstić information content (AvgIpc) is 3.57. The first kappa shape index (κ1) is 21.3. The third kappa shape index (κ3) is 3.80. The molecule has 0 aromatic carbocycles. The van der Waals surface area contributed by atoms with Crippen molar-refractivity contribution in [3.8, 4) is 11.9 Å². The van der Waals surface area contributed by atoms with Crippen LogP contribution in [-0.4, -0.2) is 66.7 Å². The second-order valence-corrected chi connectivity index (χ2v) is 9.49. The molecule has 2 fully saturated rings. The SMILES string of the molecule is C[C@H]1CN(C(=O)C(C)(C)O)CCN1c1ncnc2c1c(C1CC1)cn2-c1cc(C#N)ccn1. The molecule has 0 radical (unpaired) electrons. The molecule has 9 heteroatoms. The van der Waals surface area contributed by atoms with Crippen LogP contribution in [0.1, 0.15) is 50.7 Å². The summed E-state index contributed by atoms with van der Waals surface area (Å²) in [5, 5.41) is 20.5. The number of fused-ring (bicyclic) bond motifs is 1. The van der Waals surface area contributed by atoms with E-state index < -0.39 is 5.60 Å². The molecule has 1 N–H and O–H groups in total. The molecule has 9 nitrogen and oxygen atoms in total. The lowest BCUT2D eigenvalue weighted by molar-refractivity contribution is -0.148. The lowest BCUT2D eigenvalue weighted by Crippen LogP contribution is -2.57. The fraction of sp³-hybridized carbons (Fsp3) is 0.458. The summed E-state index contributed by atoms with van der Waals surface area (Å²) < 4.78 is 1.95. The van der Waals surface area contributed by atoms with Crippen LogP contribution in [0.5, 0.6) is 0 Å². The van der Waals surface area contributed by atoms with Crippen molar-refractivity contribution in [2.45, 2.75) is 51.2 Å². The number of nitrogens with zero attached hydrogens (tertiary/aromatic N) is 7. The number of piperazine rings is 1. The predicted molar refractivity (Wildman–Crippen MR) is 123 cm³/mol. The van der Waals surface area contributed by atoms with Gasteiger partial charge in [0.05, 0.1) is 17.0 Å². The summed E-state index contributed by atoms with van der Waals surface area (Å²) in [7, 11) is 0. The van der Waals surface area contributed by atoms with E-state index in [9.17, 15) is 15.2 Å². The minimum absolute atomic E-state index is 0.0265. The second kappa shape index (κ2) is 7.81. The molecular weight excluding hydrogens is 418 g/mol. The lowest BCUT2D eigenvalue weighted by Gasteiger charge is -2.42. The quantitative estimate of drug-likeness (QED) is 0.656. The highest BCUT2D eigenvalue weighted by Crippen LogP contribution is 2.46. The van der Waals surface area contributed by atoms with Gasteiger partial charge in [-0.25, -0.2) is 15.0 Å². The van der Waals surface area contributed by atoms with Crippen molar-refractivity contribution in [3.63, 3.8) is 0 Å². The van der Waals surface area contributed by atoms with Gasteiger partial charge in [-0.2, -0.15) is 5.26 Å². The molecule has 3 aromatic heterocycles. The van der Waals surface area contributed by atoms with Gasteiger partial charge in [0.15, 0.2) is 5.65 Å². The first-order chi connectivity index (χ1) is 15.8. The summed E-state index contributed by atoms with van der Waals surface area (Å²) in [6.45, 7) is 6.78. The van der Waals surface area contributed by atoms with Gasteiger partial charge in [0.2, 0.25) is 0 Å². The monoisotopic (exact) mass is 445 g/mol. The van der Waals surface area contributed by atoms with Crippen LogP contribution in [0.2, 0.25) is 0 Å². The van der Waals surface area contributed by atoms with Gasteiger partial charge in [0, 0.05) is 38.1 Å². The zero-order valence-electron chi connectivity index (χ0n) is 19.1. The van der Waals surface area contributed by atoms with E-state index in [0.29, 0.717) is 36.9 Å². The molecule has 1 saturated heterocycles. The number of carbonyl (C=O) groups is 1. The topological polar surface area (TPSA) is 111 Å². The summed E-state index contributed by atoms with van der Waals surface area (Å²) in [6.07, 6.45) is 7.55. The molecule has 5 rings (SSSR count). The van der Waals surface area contributed by atoms with Crippen molar-refractivity contribution in [2.24, 2.45) is 0 Å². The Labute approximate surface area is 192 Å². The Kier molecular flexibility index (Phi) is 5.05. The van der Waals surface area contributed by atoms with E-state index in [1.807, 2.05) is 4.57 Å². The zero-order valence-corrected chi connectivity index (χ0v) is 19.1. The Morgan fingerprint density at radius 2 is 2.03 bits per heavy atom. The summed E-state index contributed by atoms with van der Waals surface area (Å²) >= 11 is 0. The fourth-order valence-corrected chi connectivity index (χ4v) is 4.63. The average molecular weight is 446 g/mol. The number of rotatable bonds is 4. The Bertz CT molecular complexity index is 1270. The van der Waals surface area contributed by atoms with Gasteiger partial charge in [0.1, 0.15) is 23.6 Å². The van der Waals surface area contributed by atoms with E-state index in [2.05, 4.69) is 39.0 Å². The third-order valence-electron chi connectivity index (χ3n) is 6.44. The summed E-state index contributed by atoms with van der Waals surface area (Å²) in [5.74, 6) is 1.73. The molecule has 1 amide bonds. The Balaban J connectivity index is 1.56.